The summed E-state index contributed by atoms with van der Waals surface area (Å²) in [6.45, 7) is 14.4. The van der Waals surface area contributed by atoms with Gasteiger partial charge in [0.1, 0.15) is 52.7 Å². The predicted octanol–water partition coefficient (Wildman–Crippen LogP) is 12.3. The molecular formula is C58H42F3N15. The first-order valence-electron chi connectivity index (χ1n) is 24.2. The van der Waals surface area contributed by atoms with Crippen LogP contribution in [0.2, 0.25) is 0 Å². The van der Waals surface area contributed by atoms with Gasteiger partial charge in [-0.15, -0.1) is 0 Å². The van der Waals surface area contributed by atoms with Crippen molar-refractivity contribution in [1.82, 2.24) is 68.9 Å². The number of rotatable bonds is 7. The minimum atomic E-state index is -4.68. The Morgan fingerprint density at radius 2 is 0.697 bits per heavy atom. The van der Waals surface area contributed by atoms with Gasteiger partial charge in [0.25, 0.3) is 0 Å². The van der Waals surface area contributed by atoms with E-state index in [2.05, 4.69) is 45.9 Å². The number of benzene rings is 6. The van der Waals surface area contributed by atoms with Crippen LogP contribution in [0.4, 0.5) is 13.2 Å². The molecule has 6 heterocycles. The van der Waals surface area contributed by atoms with Gasteiger partial charge in [-0.2, -0.15) is 18.4 Å². The minimum Gasteiger partial charge on any atom is -0.309 e. The first-order valence-corrected chi connectivity index (χ1v) is 24.2. The zero-order valence-electron chi connectivity index (χ0n) is 42.2. The van der Waals surface area contributed by atoms with Crippen molar-refractivity contribution in [3.63, 3.8) is 0 Å². The van der Waals surface area contributed by atoms with Crippen LogP contribution in [0.25, 0.3) is 112 Å². The fourth-order valence-electron chi connectivity index (χ4n) is 10.2. The van der Waals surface area contributed by atoms with Crippen molar-refractivity contribution in [2.45, 2.75) is 61.6 Å². The summed E-state index contributed by atoms with van der Waals surface area (Å²) in [7, 11) is 0. The summed E-state index contributed by atoms with van der Waals surface area (Å²) in [5, 5.41) is 14.9. The molecule has 0 unspecified atom stereocenters. The molecule has 0 fully saturated rings. The molecule has 370 valence electrons. The molecule has 0 saturated carbocycles. The molecule has 12 rings (SSSR count). The summed E-state index contributed by atoms with van der Waals surface area (Å²) >= 11 is 0. The molecule has 0 radical (unpaired) electrons. The maximum atomic E-state index is 14.9. The highest BCUT2D eigenvalue weighted by Crippen LogP contribution is 2.44. The molecule has 12 aromatic rings. The van der Waals surface area contributed by atoms with Crippen LogP contribution >= 0.6 is 0 Å². The first kappa shape index (κ1) is 47.3. The van der Waals surface area contributed by atoms with E-state index in [4.69, 9.17) is 19.9 Å². The molecule has 0 N–H and O–H groups in total. The molecule has 0 spiro atoms. The van der Waals surface area contributed by atoms with Crippen molar-refractivity contribution in [2.24, 2.45) is 0 Å². The smallest absolute Gasteiger partial charge is 0.309 e. The molecule has 0 atom stereocenters. The van der Waals surface area contributed by atoms with E-state index < -0.39 is 11.7 Å². The Balaban J connectivity index is 1.22. The number of halogens is 3. The summed E-state index contributed by atoms with van der Waals surface area (Å²) in [5.74, 6) is 6.15. The summed E-state index contributed by atoms with van der Waals surface area (Å²) in [4.78, 5) is 55.2. The maximum Gasteiger partial charge on any atom is 0.416 e. The third kappa shape index (κ3) is 8.27. The SMILES string of the molecule is Cc1nc(C)nc(-c2ccc3c4ccc(-c5nc(C)nc(C)n5)cc4n(-c4cc(-c5cccc(C(F)(F)F)c5)c(-n5c6cc(-c7nc(C)nc(C)n7)ccc6c6ccc(-c7nc(C)nc(C)n7)cc65)cc4C#N)c3c2)n1. The Morgan fingerprint density at radius 3 is 1.01 bits per heavy atom. The number of nitrogens with zero attached hydrogens (tertiary/aromatic N) is 15. The van der Waals surface area contributed by atoms with Gasteiger partial charge in [-0.25, -0.2) is 59.8 Å². The van der Waals surface area contributed by atoms with Crippen LogP contribution in [-0.4, -0.2) is 68.9 Å². The van der Waals surface area contributed by atoms with Crippen LogP contribution in [-0.2, 0) is 6.18 Å². The van der Waals surface area contributed by atoms with Crippen molar-refractivity contribution in [3.05, 3.63) is 167 Å². The highest BCUT2D eigenvalue weighted by Gasteiger charge is 2.31. The van der Waals surface area contributed by atoms with Crippen molar-refractivity contribution < 1.29 is 13.2 Å². The van der Waals surface area contributed by atoms with Gasteiger partial charge in [-0.1, -0.05) is 60.7 Å². The molecule has 0 aliphatic rings. The number of nitriles is 1. The Bertz CT molecular complexity index is 4180. The summed E-state index contributed by atoms with van der Waals surface area (Å²) in [6, 6.07) is 34.9. The standard InChI is InChI=1S/C58H42F3N15/c1-28-63-29(2)68-54(67-28)37-12-16-43-44-17-13-38(55-69-30(3)64-31(4)70-55)22-50(44)75(49(43)21-37)48-26-47(36-10-9-11-42(20-36)58(59,60)61)53(25-41(48)27-62)76-51-23-39(56-71-32(5)65-33(6)72-56)14-18-45(51)46-19-15-40(24-52(46)76)57-73-34(7)66-35(8)74-57/h9-26H,1-8H3. The van der Waals surface area contributed by atoms with E-state index in [1.165, 1.54) is 6.07 Å². The molecule has 6 aromatic heterocycles. The highest BCUT2D eigenvalue weighted by molar-refractivity contribution is 6.13. The van der Waals surface area contributed by atoms with E-state index in [1.807, 2.05) is 81.9 Å². The zero-order valence-corrected chi connectivity index (χ0v) is 42.2. The largest absolute Gasteiger partial charge is 0.416 e. The van der Waals surface area contributed by atoms with Gasteiger partial charge in [0.2, 0.25) is 0 Å². The quantitative estimate of drug-likeness (QED) is 0.147. The van der Waals surface area contributed by atoms with Gasteiger partial charge in [-0.3, -0.25) is 0 Å². The number of aromatic nitrogens is 14. The van der Waals surface area contributed by atoms with Gasteiger partial charge < -0.3 is 9.13 Å². The Hall–Kier alpha value is -9.76. The van der Waals surface area contributed by atoms with Gasteiger partial charge in [0.15, 0.2) is 23.3 Å². The lowest BCUT2D eigenvalue weighted by Crippen LogP contribution is -2.07. The zero-order chi connectivity index (χ0) is 52.9. The molecule has 0 bridgehead atoms. The molecule has 0 aliphatic heterocycles. The van der Waals surface area contributed by atoms with Gasteiger partial charge >= 0.3 is 6.18 Å². The fourth-order valence-corrected chi connectivity index (χ4v) is 10.2. The normalized spacial score (nSPS) is 11.9. The first-order chi connectivity index (χ1) is 36.5. The topological polar surface area (TPSA) is 188 Å². The van der Waals surface area contributed by atoms with Crippen LogP contribution in [0.15, 0.2) is 109 Å². The molecule has 18 heteroatoms. The molecule has 6 aromatic carbocycles. The van der Waals surface area contributed by atoms with E-state index in [0.717, 1.165) is 33.7 Å². The van der Waals surface area contributed by atoms with Crippen LogP contribution in [0.1, 0.15) is 57.7 Å². The molecule has 15 nitrogen and oxygen atoms in total. The number of hydrogen-bond acceptors (Lipinski definition) is 13. The van der Waals surface area contributed by atoms with E-state index in [1.54, 1.807) is 73.6 Å². The van der Waals surface area contributed by atoms with Crippen LogP contribution < -0.4 is 0 Å². The fraction of sp³-hybridized carbons (Fsp3) is 0.155. The Kier molecular flexibility index (Phi) is 11.0. The maximum absolute atomic E-state index is 14.9. The van der Waals surface area contributed by atoms with E-state index in [-0.39, 0.29) is 11.1 Å². The molecular weight excluding hydrogens is 964 g/mol. The Labute approximate surface area is 432 Å². The summed E-state index contributed by atoms with van der Waals surface area (Å²) in [5.41, 5.74) is 6.27. The monoisotopic (exact) mass is 1010 g/mol. The number of fused-ring (bicyclic) bond motifs is 6. The van der Waals surface area contributed by atoms with E-state index >= 15 is 0 Å². The van der Waals surface area contributed by atoms with Crippen LogP contribution in [0, 0.1) is 66.7 Å². The second-order valence-electron chi connectivity index (χ2n) is 18.7. The summed E-state index contributed by atoms with van der Waals surface area (Å²) in [6.07, 6.45) is -4.68. The number of aryl methyl sites for hydroxylation is 8. The van der Waals surface area contributed by atoms with Crippen molar-refractivity contribution >= 4 is 43.6 Å². The van der Waals surface area contributed by atoms with E-state index in [0.29, 0.717) is 131 Å². The number of hydrogen-bond donors (Lipinski definition) is 0. The van der Waals surface area contributed by atoms with Gasteiger partial charge in [-0.05, 0) is 109 Å². The lowest BCUT2D eigenvalue weighted by Gasteiger charge is -2.20. The molecule has 0 amide bonds. The van der Waals surface area contributed by atoms with Crippen LogP contribution in [0.5, 0.6) is 0 Å². The highest BCUT2D eigenvalue weighted by atomic mass is 19.4. The van der Waals surface area contributed by atoms with Gasteiger partial charge in [0, 0.05) is 49.4 Å². The minimum absolute atomic E-state index is 0.216. The lowest BCUT2D eigenvalue weighted by molar-refractivity contribution is -0.137. The molecule has 0 saturated heterocycles. The average molecular weight is 1010 g/mol. The second-order valence-corrected chi connectivity index (χ2v) is 18.7. The lowest BCUT2D eigenvalue weighted by atomic mass is 9.97. The second kappa shape index (κ2) is 17.7. The third-order valence-corrected chi connectivity index (χ3v) is 13.2. The van der Waals surface area contributed by atoms with Crippen LogP contribution in [0.3, 0.4) is 0 Å². The molecule has 0 aliphatic carbocycles. The van der Waals surface area contributed by atoms with Crippen molar-refractivity contribution in [1.29, 1.82) is 5.26 Å². The third-order valence-electron chi connectivity index (χ3n) is 13.2. The summed E-state index contributed by atoms with van der Waals surface area (Å²) < 4.78 is 48.7. The predicted molar refractivity (Wildman–Crippen MR) is 283 cm³/mol. The average Bonchev–Trinajstić information content (AvgIpc) is 3.93. The Morgan fingerprint density at radius 1 is 0.368 bits per heavy atom. The van der Waals surface area contributed by atoms with Gasteiger partial charge in [0.05, 0.1) is 44.6 Å². The van der Waals surface area contributed by atoms with Crippen molar-refractivity contribution in [2.75, 3.05) is 0 Å². The van der Waals surface area contributed by atoms with Crippen molar-refractivity contribution in [3.8, 4) is 74.1 Å². The number of alkyl halides is 3. The van der Waals surface area contributed by atoms with E-state index in [9.17, 15) is 18.4 Å². The molecule has 76 heavy (non-hydrogen) atoms.